The molecule has 0 saturated carbocycles. The lowest BCUT2D eigenvalue weighted by molar-refractivity contribution is -0.138. The number of nitrogens with two attached hydrogens (primary N) is 2. The van der Waals surface area contributed by atoms with Gasteiger partial charge in [0.2, 0.25) is 0 Å². The summed E-state index contributed by atoms with van der Waals surface area (Å²) in [6, 6.07) is 6.83. The summed E-state index contributed by atoms with van der Waals surface area (Å²) in [5.74, 6) is -1.63. The van der Waals surface area contributed by atoms with Crippen LogP contribution in [0, 0.1) is 5.41 Å². The number of carboxylic acids is 1. The first-order valence-electron chi connectivity index (χ1n) is 4.42. The highest BCUT2D eigenvalue weighted by atomic mass is 35.5. The third-order valence-electron chi connectivity index (χ3n) is 1.74. The van der Waals surface area contributed by atoms with Crippen LogP contribution >= 0.6 is 11.6 Å². The van der Waals surface area contributed by atoms with Crippen molar-refractivity contribution in [1.29, 1.82) is 5.41 Å². The monoisotopic (exact) mass is 243 g/mol. The normalized spacial score (nSPS) is 10.9. The average molecular weight is 244 g/mol. The van der Waals surface area contributed by atoms with E-state index in [1.54, 1.807) is 31.2 Å². The molecule has 0 spiro atoms. The topological polar surface area (TPSA) is 113 Å². The Hall–Kier alpha value is -1.75. The van der Waals surface area contributed by atoms with Gasteiger partial charge in [-0.05, 0) is 24.6 Å². The summed E-state index contributed by atoms with van der Waals surface area (Å²) < 4.78 is 0. The number of benzene rings is 1. The van der Waals surface area contributed by atoms with Crippen LogP contribution in [0.25, 0.3) is 0 Å². The van der Waals surface area contributed by atoms with E-state index in [4.69, 9.17) is 22.1 Å². The highest BCUT2D eigenvalue weighted by Crippen LogP contribution is 2.17. The molecule has 0 aromatic heterocycles. The molecule has 0 aliphatic rings. The van der Waals surface area contributed by atoms with Crippen LogP contribution in [0.15, 0.2) is 24.3 Å². The molecule has 6 heteroatoms. The van der Waals surface area contributed by atoms with E-state index in [0.29, 0.717) is 5.02 Å². The zero-order chi connectivity index (χ0) is 12.7. The molecule has 16 heavy (non-hydrogen) atoms. The zero-order valence-corrected chi connectivity index (χ0v) is 9.53. The summed E-state index contributed by atoms with van der Waals surface area (Å²) in [4.78, 5) is 10.6. The lowest BCUT2D eigenvalue weighted by Gasteiger charge is -2.05. The smallest absolute Gasteiger partial charge is 0.310 e. The number of rotatable bonds is 2. The third-order valence-corrected chi connectivity index (χ3v) is 1.99. The van der Waals surface area contributed by atoms with Gasteiger partial charge in [-0.25, -0.2) is 0 Å². The second-order valence-electron chi connectivity index (χ2n) is 3.07. The molecule has 0 heterocycles. The maximum atomic E-state index is 10.6. The first kappa shape index (κ1) is 14.2. The highest BCUT2D eigenvalue weighted by Gasteiger charge is 2.12. The maximum Gasteiger partial charge on any atom is 0.310 e. The Labute approximate surface area is 98.5 Å². The predicted molar refractivity (Wildman–Crippen MR) is 63.6 cm³/mol. The summed E-state index contributed by atoms with van der Waals surface area (Å²) in [5, 5.41) is 15.3. The van der Waals surface area contributed by atoms with Gasteiger partial charge in [0.05, 0.1) is 5.92 Å². The van der Waals surface area contributed by atoms with Crippen molar-refractivity contribution in [3.63, 3.8) is 0 Å². The molecule has 5 nitrogen and oxygen atoms in total. The van der Waals surface area contributed by atoms with Crippen LogP contribution in [-0.4, -0.2) is 17.0 Å². The number of carboxylic acid groups (broad SMARTS) is 1. The minimum Gasteiger partial charge on any atom is -0.481 e. The second kappa shape index (κ2) is 6.68. The Morgan fingerprint density at radius 3 is 2.06 bits per heavy atom. The van der Waals surface area contributed by atoms with E-state index in [1.807, 2.05) is 0 Å². The SMILES string of the molecule is CC(C(=O)O)c1ccc(Cl)cc1.N=C(N)N. The molecule has 1 unspecified atom stereocenters. The number of nitrogens with one attached hydrogen (secondary N) is 1. The molecule has 88 valence electrons. The number of guanidine groups is 1. The Morgan fingerprint density at radius 2 is 1.75 bits per heavy atom. The quantitative estimate of drug-likeness (QED) is 0.464. The van der Waals surface area contributed by atoms with Crippen LogP contribution in [0.2, 0.25) is 5.02 Å². The Balaban J connectivity index is 0.000000487. The fourth-order valence-electron chi connectivity index (χ4n) is 0.894. The van der Waals surface area contributed by atoms with E-state index >= 15 is 0 Å². The van der Waals surface area contributed by atoms with Crippen LogP contribution < -0.4 is 11.5 Å². The van der Waals surface area contributed by atoms with Gasteiger partial charge in [-0.3, -0.25) is 10.2 Å². The van der Waals surface area contributed by atoms with Crippen LogP contribution in [0.3, 0.4) is 0 Å². The fourth-order valence-corrected chi connectivity index (χ4v) is 1.02. The summed E-state index contributed by atoms with van der Waals surface area (Å²) in [5.41, 5.74) is 9.71. The van der Waals surface area contributed by atoms with Gasteiger partial charge >= 0.3 is 5.97 Å². The van der Waals surface area contributed by atoms with Crippen molar-refractivity contribution < 1.29 is 9.90 Å². The van der Waals surface area contributed by atoms with Gasteiger partial charge in [-0.15, -0.1) is 0 Å². The third kappa shape index (κ3) is 5.87. The molecule has 0 amide bonds. The van der Waals surface area contributed by atoms with Crippen LogP contribution in [-0.2, 0) is 4.79 Å². The average Bonchev–Trinajstić information content (AvgIpc) is 2.17. The molecule has 0 aliphatic carbocycles. The number of carbonyl (C=O) groups is 1. The summed E-state index contributed by atoms with van der Waals surface area (Å²) in [6.07, 6.45) is 0. The highest BCUT2D eigenvalue weighted by molar-refractivity contribution is 6.30. The van der Waals surface area contributed by atoms with Crippen molar-refractivity contribution >= 4 is 23.5 Å². The second-order valence-corrected chi connectivity index (χ2v) is 3.50. The lowest BCUT2D eigenvalue weighted by atomic mass is 10.0. The lowest BCUT2D eigenvalue weighted by Crippen LogP contribution is -2.20. The van der Waals surface area contributed by atoms with Crippen molar-refractivity contribution in [1.82, 2.24) is 0 Å². The van der Waals surface area contributed by atoms with Crippen molar-refractivity contribution in [2.24, 2.45) is 11.5 Å². The van der Waals surface area contributed by atoms with Gasteiger partial charge in [0.1, 0.15) is 0 Å². The van der Waals surface area contributed by atoms with E-state index in [1.165, 1.54) is 0 Å². The number of hydrogen-bond donors (Lipinski definition) is 4. The van der Waals surface area contributed by atoms with Gasteiger partial charge in [0.15, 0.2) is 5.96 Å². The predicted octanol–water partition coefficient (Wildman–Crippen LogP) is 1.37. The fraction of sp³-hybridized carbons (Fsp3) is 0.200. The van der Waals surface area contributed by atoms with E-state index in [-0.39, 0.29) is 5.96 Å². The Kier molecular flexibility index (Phi) is 5.95. The standard InChI is InChI=1S/C9H9ClO2.CH5N3/c1-6(9(11)12)7-2-4-8(10)5-3-7;2-1(3)4/h2-6H,1H3,(H,11,12);(H5,2,3,4). The Morgan fingerprint density at radius 1 is 1.38 bits per heavy atom. The van der Waals surface area contributed by atoms with Crippen molar-refractivity contribution in [2.75, 3.05) is 0 Å². The van der Waals surface area contributed by atoms with Gasteiger partial charge in [0, 0.05) is 5.02 Å². The molecule has 0 bridgehead atoms. The van der Waals surface area contributed by atoms with E-state index < -0.39 is 11.9 Å². The molecular weight excluding hydrogens is 230 g/mol. The molecule has 1 rings (SSSR count). The number of hydrogen-bond acceptors (Lipinski definition) is 2. The Bertz CT molecular complexity index is 361. The molecule has 0 saturated heterocycles. The van der Waals surface area contributed by atoms with E-state index in [2.05, 4.69) is 11.5 Å². The van der Waals surface area contributed by atoms with Crippen molar-refractivity contribution in [3.8, 4) is 0 Å². The number of halogens is 1. The van der Waals surface area contributed by atoms with Gasteiger partial charge in [-0.2, -0.15) is 0 Å². The molecule has 1 atom stereocenters. The van der Waals surface area contributed by atoms with Crippen LogP contribution in [0.1, 0.15) is 18.4 Å². The van der Waals surface area contributed by atoms with E-state index in [0.717, 1.165) is 5.56 Å². The number of aliphatic carboxylic acids is 1. The largest absolute Gasteiger partial charge is 0.481 e. The van der Waals surface area contributed by atoms with Crippen molar-refractivity contribution in [3.05, 3.63) is 34.9 Å². The first-order chi connectivity index (χ1) is 7.34. The van der Waals surface area contributed by atoms with Gasteiger partial charge in [0.25, 0.3) is 0 Å². The molecule has 0 aliphatic heterocycles. The summed E-state index contributed by atoms with van der Waals surface area (Å²) in [6.45, 7) is 1.64. The zero-order valence-electron chi connectivity index (χ0n) is 8.77. The molecule has 0 radical (unpaired) electrons. The van der Waals surface area contributed by atoms with Gasteiger partial charge < -0.3 is 16.6 Å². The summed E-state index contributed by atoms with van der Waals surface area (Å²) in [7, 11) is 0. The molecular formula is C10H14ClN3O2. The molecule has 6 N–H and O–H groups in total. The van der Waals surface area contributed by atoms with E-state index in [9.17, 15) is 4.79 Å². The first-order valence-corrected chi connectivity index (χ1v) is 4.80. The minimum absolute atomic E-state index is 0.333. The molecule has 0 fully saturated rings. The van der Waals surface area contributed by atoms with Crippen molar-refractivity contribution in [2.45, 2.75) is 12.8 Å². The summed E-state index contributed by atoms with van der Waals surface area (Å²) >= 11 is 5.65. The van der Waals surface area contributed by atoms with Gasteiger partial charge in [-0.1, -0.05) is 23.7 Å². The minimum atomic E-state index is -0.822. The molecule has 1 aromatic carbocycles. The van der Waals surface area contributed by atoms with Crippen LogP contribution in [0.5, 0.6) is 0 Å². The maximum absolute atomic E-state index is 10.6. The van der Waals surface area contributed by atoms with Crippen LogP contribution in [0.4, 0.5) is 0 Å². The molecule has 1 aromatic rings.